The third-order valence-corrected chi connectivity index (χ3v) is 5.57. The molecule has 0 N–H and O–H groups in total. The van der Waals surface area contributed by atoms with E-state index in [1.54, 1.807) is 29.4 Å². The summed E-state index contributed by atoms with van der Waals surface area (Å²) in [5, 5.41) is 0. The molecule has 30 heavy (non-hydrogen) atoms. The summed E-state index contributed by atoms with van der Waals surface area (Å²) in [6.07, 6.45) is 1.86. The minimum Gasteiger partial charge on any atom is -0.353 e. The number of amides is 1. The van der Waals surface area contributed by atoms with Gasteiger partial charge in [-0.3, -0.25) is 9.36 Å². The number of anilines is 1. The van der Waals surface area contributed by atoms with Crippen molar-refractivity contribution in [3.05, 3.63) is 65.3 Å². The quantitative estimate of drug-likeness (QED) is 0.664. The zero-order valence-electron chi connectivity index (χ0n) is 17.5. The van der Waals surface area contributed by atoms with Crippen LogP contribution in [-0.4, -0.2) is 56.5 Å². The fourth-order valence-electron chi connectivity index (χ4n) is 3.65. The highest BCUT2D eigenvalue weighted by Crippen LogP contribution is 2.20. The van der Waals surface area contributed by atoms with Crippen LogP contribution in [0.25, 0.3) is 5.82 Å². The second-order valence-electron chi connectivity index (χ2n) is 7.55. The van der Waals surface area contributed by atoms with Gasteiger partial charge in [-0.15, -0.1) is 0 Å². The highest BCUT2D eigenvalue weighted by atomic mass is 19.1. The first-order chi connectivity index (χ1) is 14.4. The van der Waals surface area contributed by atoms with Gasteiger partial charge < -0.3 is 9.80 Å². The van der Waals surface area contributed by atoms with Gasteiger partial charge >= 0.3 is 0 Å². The van der Waals surface area contributed by atoms with Gasteiger partial charge in [0.2, 0.25) is 5.91 Å². The van der Waals surface area contributed by atoms with E-state index in [4.69, 9.17) is 0 Å². The summed E-state index contributed by atoms with van der Waals surface area (Å²) in [5.74, 6) is 1.92. The van der Waals surface area contributed by atoms with Crippen molar-refractivity contribution in [3.63, 3.8) is 0 Å². The monoisotopic (exact) mass is 408 g/mol. The Bertz CT molecular complexity index is 1070. The molecule has 3 heterocycles. The lowest BCUT2D eigenvalue weighted by Crippen LogP contribution is -2.49. The van der Waals surface area contributed by atoms with Crippen molar-refractivity contribution in [1.82, 2.24) is 24.4 Å². The Hall–Kier alpha value is -3.29. The van der Waals surface area contributed by atoms with Crippen LogP contribution in [0.1, 0.15) is 22.8 Å². The molecule has 0 radical (unpaired) electrons. The smallest absolute Gasteiger partial charge is 0.227 e. The Labute approximate surface area is 175 Å². The van der Waals surface area contributed by atoms with Crippen LogP contribution in [0.15, 0.2) is 36.7 Å². The highest BCUT2D eigenvalue weighted by Gasteiger charge is 2.23. The Kier molecular flexibility index (Phi) is 5.48. The van der Waals surface area contributed by atoms with Crippen molar-refractivity contribution in [2.75, 3.05) is 31.1 Å². The number of piperazine rings is 1. The summed E-state index contributed by atoms with van der Waals surface area (Å²) in [6.45, 7) is 8.35. The standard InChI is InChI=1S/C22H25FN6O/c1-15-16(2)29(14-24-15)21-13-20(25-17(3)26-21)27-8-10-28(11-9-27)22(30)12-18-6-4-5-7-19(18)23/h4-7,13-14H,8-12H2,1-3H3. The summed E-state index contributed by atoms with van der Waals surface area (Å²) >= 11 is 0. The van der Waals surface area contributed by atoms with E-state index in [9.17, 15) is 9.18 Å². The zero-order chi connectivity index (χ0) is 21.3. The number of aryl methyl sites for hydroxylation is 2. The van der Waals surface area contributed by atoms with Crippen molar-refractivity contribution < 1.29 is 9.18 Å². The van der Waals surface area contributed by atoms with Crippen LogP contribution in [-0.2, 0) is 11.2 Å². The van der Waals surface area contributed by atoms with Crippen molar-refractivity contribution in [2.45, 2.75) is 27.2 Å². The molecular weight excluding hydrogens is 383 g/mol. The summed E-state index contributed by atoms with van der Waals surface area (Å²) < 4.78 is 15.8. The Morgan fingerprint density at radius 1 is 1.03 bits per heavy atom. The first kappa shape index (κ1) is 20.0. The summed E-state index contributed by atoms with van der Waals surface area (Å²) in [5.41, 5.74) is 2.45. The number of hydrogen-bond donors (Lipinski definition) is 0. The van der Waals surface area contributed by atoms with Gasteiger partial charge in [0.25, 0.3) is 0 Å². The van der Waals surface area contributed by atoms with Crippen LogP contribution < -0.4 is 4.90 Å². The molecular formula is C22H25FN6O. The first-order valence-electron chi connectivity index (χ1n) is 10.0. The molecule has 2 aromatic heterocycles. The lowest BCUT2D eigenvalue weighted by Gasteiger charge is -2.35. The average molecular weight is 408 g/mol. The maximum Gasteiger partial charge on any atom is 0.227 e. The Morgan fingerprint density at radius 2 is 1.73 bits per heavy atom. The summed E-state index contributed by atoms with van der Waals surface area (Å²) in [7, 11) is 0. The molecule has 7 nitrogen and oxygen atoms in total. The van der Waals surface area contributed by atoms with Crippen LogP contribution in [0.3, 0.4) is 0 Å². The molecule has 8 heteroatoms. The maximum absolute atomic E-state index is 13.8. The number of hydrogen-bond acceptors (Lipinski definition) is 5. The predicted octanol–water partition coefficient (Wildman–Crippen LogP) is 2.62. The number of halogens is 1. The van der Waals surface area contributed by atoms with Gasteiger partial charge in [0.1, 0.15) is 29.6 Å². The number of imidazole rings is 1. The second kappa shape index (κ2) is 8.22. The molecule has 0 unspecified atom stereocenters. The predicted molar refractivity (Wildman–Crippen MR) is 112 cm³/mol. The van der Waals surface area contributed by atoms with Crippen molar-refractivity contribution in [1.29, 1.82) is 0 Å². The van der Waals surface area contributed by atoms with E-state index in [0.717, 1.165) is 23.0 Å². The van der Waals surface area contributed by atoms with E-state index < -0.39 is 0 Å². The molecule has 0 spiro atoms. The van der Waals surface area contributed by atoms with Gasteiger partial charge in [-0.05, 0) is 32.4 Å². The normalized spacial score (nSPS) is 14.3. The van der Waals surface area contributed by atoms with Gasteiger partial charge in [0.05, 0.1) is 12.1 Å². The van der Waals surface area contributed by atoms with Crippen LogP contribution in [0, 0.1) is 26.6 Å². The Balaban J connectivity index is 1.45. The largest absolute Gasteiger partial charge is 0.353 e. The molecule has 1 amide bonds. The molecule has 4 rings (SSSR count). The molecule has 156 valence electrons. The summed E-state index contributed by atoms with van der Waals surface area (Å²) in [6, 6.07) is 8.39. The second-order valence-corrected chi connectivity index (χ2v) is 7.55. The lowest BCUT2D eigenvalue weighted by atomic mass is 10.1. The average Bonchev–Trinajstić information content (AvgIpc) is 3.08. The zero-order valence-corrected chi connectivity index (χ0v) is 17.5. The third-order valence-electron chi connectivity index (χ3n) is 5.57. The third kappa shape index (κ3) is 4.03. The topological polar surface area (TPSA) is 67.2 Å². The van der Waals surface area contributed by atoms with Gasteiger partial charge in [-0.2, -0.15) is 0 Å². The van der Waals surface area contributed by atoms with E-state index in [-0.39, 0.29) is 18.1 Å². The van der Waals surface area contributed by atoms with Gasteiger partial charge in [0.15, 0.2) is 0 Å². The molecule has 0 atom stereocenters. The van der Waals surface area contributed by atoms with E-state index in [0.29, 0.717) is 37.6 Å². The first-order valence-corrected chi connectivity index (χ1v) is 10.0. The van der Waals surface area contributed by atoms with E-state index in [2.05, 4.69) is 19.9 Å². The SMILES string of the molecule is Cc1nc(N2CCN(C(=O)Cc3ccccc3F)CC2)cc(-n2cnc(C)c2C)n1. The van der Waals surface area contributed by atoms with Gasteiger partial charge in [-0.25, -0.2) is 19.3 Å². The molecule has 3 aromatic rings. The number of aromatic nitrogens is 4. The lowest BCUT2D eigenvalue weighted by molar-refractivity contribution is -0.130. The fraction of sp³-hybridized carbons (Fsp3) is 0.364. The number of benzene rings is 1. The highest BCUT2D eigenvalue weighted by molar-refractivity contribution is 5.79. The van der Waals surface area contributed by atoms with Crippen LogP contribution >= 0.6 is 0 Å². The molecule has 1 aliphatic heterocycles. The molecule has 1 fully saturated rings. The van der Waals surface area contributed by atoms with Crippen molar-refractivity contribution >= 4 is 11.7 Å². The number of rotatable bonds is 4. The van der Waals surface area contributed by atoms with Crippen LogP contribution in [0.2, 0.25) is 0 Å². The van der Waals surface area contributed by atoms with E-state index >= 15 is 0 Å². The molecule has 1 saturated heterocycles. The van der Waals surface area contributed by atoms with Gasteiger partial charge in [-0.1, -0.05) is 18.2 Å². The Morgan fingerprint density at radius 3 is 2.40 bits per heavy atom. The number of nitrogens with zero attached hydrogens (tertiary/aromatic N) is 6. The molecule has 0 bridgehead atoms. The van der Waals surface area contributed by atoms with Crippen molar-refractivity contribution in [3.8, 4) is 5.82 Å². The van der Waals surface area contributed by atoms with Gasteiger partial charge in [0, 0.05) is 37.9 Å². The van der Waals surface area contributed by atoms with Crippen LogP contribution in [0.5, 0.6) is 0 Å². The molecule has 1 aliphatic rings. The molecule has 0 saturated carbocycles. The van der Waals surface area contributed by atoms with E-state index in [1.165, 1.54) is 6.07 Å². The fourth-order valence-corrected chi connectivity index (χ4v) is 3.65. The minimum atomic E-state index is -0.335. The van der Waals surface area contributed by atoms with Crippen molar-refractivity contribution in [2.24, 2.45) is 0 Å². The number of carbonyl (C=O) groups excluding carboxylic acids is 1. The minimum absolute atomic E-state index is 0.0520. The van der Waals surface area contributed by atoms with Crippen LogP contribution in [0.4, 0.5) is 10.2 Å². The van der Waals surface area contributed by atoms with E-state index in [1.807, 2.05) is 31.4 Å². The molecule has 0 aliphatic carbocycles. The maximum atomic E-state index is 13.8. The number of carbonyl (C=O) groups is 1. The molecule has 1 aromatic carbocycles. The summed E-state index contributed by atoms with van der Waals surface area (Å²) in [4.78, 5) is 30.1.